The van der Waals surface area contributed by atoms with E-state index >= 15 is 0 Å². The summed E-state index contributed by atoms with van der Waals surface area (Å²) in [6, 6.07) is 9.32. The first-order valence-electron chi connectivity index (χ1n) is 17.4. The third-order valence-electron chi connectivity index (χ3n) is 7.42. The Balaban J connectivity index is 0.00000246. The summed E-state index contributed by atoms with van der Waals surface area (Å²) in [5.74, 6) is 0. The second kappa shape index (κ2) is 26.0. The second-order valence-electron chi connectivity index (χ2n) is 13.3. The highest BCUT2D eigenvalue weighted by Crippen LogP contribution is 2.19. The average molecular weight is 679 g/mol. The SMILES string of the molecule is CCCCCCCCCCCCCCCCCCOC(C(C)OCc1ccccc1)S(=O)(=O)OS(C)(=O)=O.CCC[N+](C)(C)C. The molecule has 0 radical (unpaired) electrons. The molecular weight excluding hydrogens is 611 g/mol. The molecule has 0 heterocycles. The van der Waals surface area contributed by atoms with E-state index in [1.807, 2.05) is 30.3 Å². The summed E-state index contributed by atoms with van der Waals surface area (Å²) in [5.41, 5.74) is -0.658. The van der Waals surface area contributed by atoms with Gasteiger partial charge >= 0.3 is 10.1 Å². The maximum Gasteiger partial charge on any atom is 0.311 e. The Morgan fingerprint density at radius 1 is 0.644 bits per heavy atom. The molecule has 1 aromatic rings. The molecule has 45 heavy (non-hydrogen) atoms. The van der Waals surface area contributed by atoms with Gasteiger partial charge in [0.1, 0.15) is 0 Å². The topological polar surface area (TPSA) is 96.0 Å². The largest absolute Gasteiger partial charge is 0.370 e. The van der Waals surface area contributed by atoms with E-state index in [2.05, 4.69) is 38.6 Å². The third kappa shape index (κ3) is 27.8. The van der Waals surface area contributed by atoms with Gasteiger partial charge in [-0.15, -0.1) is 3.63 Å². The van der Waals surface area contributed by atoms with Crippen molar-refractivity contribution in [3.63, 3.8) is 0 Å². The predicted octanol–water partition coefficient (Wildman–Crippen LogP) is 8.60. The minimum atomic E-state index is -4.54. The minimum Gasteiger partial charge on any atom is -0.370 e. The van der Waals surface area contributed by atoms with Crippen LogP contribution in [0.2, 0.25) is 0 Å². The van der Waals surface area contributed by atoms with Gasteiger partial charge in [0.25, 0.3) is 10.1 Å². The fourth-order valence-electron chi connectivity index (χ4n) is 5.07. The van der Waals surface area contributed by atoms with E-state index in [1.54, 1.807) is 6.92 Å². The standard InChI is InChI=1S/C29H52O7S2.C6H16N/c1-4-5-6-7-8-9-10-11-12-13-14-15-16-17-18-22-25-34-29(38(32,33)36-37(3,30)31)27(2)35-26-28-23-20-19-21-24-28;1-5-6-7(2,3)4/h19-21,23-24,27,29H,4-18,22,25-26H2,1-3H3;5-6H2,1-4H3/q;+1. The lowest BCUT2D eigenvalue weighted by molar-refractivity contribution is -0.870. The predicted molar refractivity (Wildman–Crippen MR) is 188 cm³/mol. The first-order chi connectivity index (χ1) is 21.2. The van der Waals surface area contributed by atoms with E-state index in [9.17, 15) is 16.8 Å². The lowest BCUT2D eigenvalue weighted by Gasteiger charge is -2.23. The fraction of sp³-hybridized carbons (Fsp3) is 0.829. The lowest BCUT2D eigenvalue weighted by atomic mass is 10.0. The van der Waals surface area contributed by atoms with Gasteiger partial charge in [-0.1, -0.05) is 140 Å². The first kappa shape index (κ1) is 44.0. The molecule has 2 unspecified atom stereocenters. The smallest absolute Gasteiger partial charge is 0.311 e. The molecule has 0 aliphatic heterocycles. The molecule has 0 bridgehead atoms. The van der Waals surface area contributed by atoms with Gasteiger partial charge in [-0.05, 0) is 25.3 Å². The van der Waals surface area contributed by atoms with Crippen molar-refractivity contribution in [2.45, 2.75) is 148 Å². The number of hydrogen-bond acceptors (Lipinski definition) is 7. The molecule has 0 aliphatic carbocycles. The summed E-state index contributed by atoms with van der Waals surface area (Å²) >= 11 is 0. The van der Waals surface area contributed by atoms with Crippen LogP contribution in [0.1, 0.15) is 135 Å². The molecule has 0 fully saturated rings. The molecule has 10 heteroatoms. The van der Waals surface area contributed by atoms with Crippen LogP contribution in [0.15, 0.2) is 30.3 Å². The third-order valence-corrected chi connectivity index (χ3v) is 10.3. The van der Waals surface area contributed by atoms with Crippen LogP contribution in [0.3, 0.4) is 0 Å². The molecule has 0 spiro atoms. The van der Waals surface area contributed by atoms with Gasteiger partial charge in [-0.3, -0.25) is 0 Å². The molecule has 266 valence electrons. The van der Waals surface area contributed by atoms with Crippen LogP contribution in [-0.4, -0.2) is 73.4 Å². The van der Waals surface area contributed by atoms with Crippen molar-refractivity contribution in [2.24, 2.45) is 0 Å². The fourth-order valence-corrected chi connectivity index (χ4v) is 7.56. The Morgan fingerprint density at radius 3 is 1.47 bits per heavy atom. The average Bonchev–Trinajstić information content (AvgIpc) is 2.94. The van der Waals surface area contributed by atoms with Crippen molar-refractivity contribution < 1.29 is 34.4 Å². The minimum absolute atomic E-state index is 0.176. The van der Waals surface area contributed by atoms with E-state index in [1.165, 1.54) is 90.0 Å². The molecular formula is C35H68NO7S2+. The number of benzene rings is 1. The molecule has 0 saturated carbocycles. The molecule has 1 aromatic carbocycles. The van der Waals surface area contributed by atoms with E-state index < -0.39 is 31.8 Å². The van der Waals surface area contributed by atoms with Crippen molar-refractivity contribution in [1.29, 1.82) is 0 Å². The number of ether oxygens (including phenoxy) is 2. The van der Waals surface area contributed by atoms with Crippen molar-refractivity contribution in [1.82, 2.24) is 0 Å². The molecule has 0 aliphatic rings. The highest BCUT2D eigenvalue weighted by molar-refractivity contribution is 7.99. The Bertz CT molecular complexity index is 1030. The molecule has 8 nitrogen and oxygen atoms in total. The first-order valence-corrected chi connectivity index (χ1v) is 20.7. The summed E-state index contributed by atoms with van der Waals surface area (Å²) in [5, 5.41) is 0. The number of quaternary nitrogens is 1. The zero-order valence-corrected chi connectivity index (χ0v) is 31.4. The summed E-state index contributed by atoms with van der Waals surface area (Å²) in [6.45, 7) is 7.66. The van der Waals surface area contributed by atoms with Crippen molar-refractivity contribution in [3.8, 4) is 0 Å². The highest BCUT2D eigenvalue weighted by atomic mass is 32.3. The van der Waals surface area contributed by atoms with Crippen LogP contribution in [0.4, 0.5) is 0 Å². The molecule has 0 N–H and O–H groups in total. The van der Waals surface area contributed by atoms with Gasteiger partial charge in [0, 0.05) is 6.61 Å². The number of unbranched alkanes of at least 4 members (excludes halogenated alkanes) is 15. The second-order valence-corrected chi connectivity index (χ2v) is 16.7. The normalized spacial score (nSPS) is 13.7. The van der Waals surface area contributed by atoms with Crippen molar-refractivity contribution in [2.75, 3.05) is 40.6 Å². The quantitative estimate of drug-likeness (QED) is 0.0679. The van der Waals surface area contributed by atoms with Gasteiger partial charge in [0.2, 0.25) is 5.44 Å². The summed E-state index contributed by atoms with van der Waals surface area (Å²) in [6.07, 6.45) is 21.0. The van der Waals surface area contributed by atoms with E-state index in [0.717, 1.165) is 29.3 Å². The summed E-state index contributed by atoms with van der Waals surface area (Å²) in [4.78, 5) is 0. The van der Waals surface area contributed by atoms with Gasteiger partial charge in [-0.2, -0.15) is 16.8 Å². The molecule has 0 saturated heterocycles. The zero-order chi connectivity index (χ0) is 34.0. The van der Waals surface area contributed by atoms with Crippen molar-refractivity contribution >= 4 is 20.2 Å². The Labute approximate surface area is 278 Å². The summed E-state index contributed by atoms with van der Waals surface area (Å²) in [7, 11) is -2.12. The number of nitrogens with zero attached hydrogens (tertiary/aromatic N) is 1. The molecule has 2 atom stereocenters. The molecule has 0 aromatic heterocycles. The van der Waals surface area contributed by atoms with Crippen LogP contribution < -0.4 is 0 Å². The van der Waals surface area contributed by atoms with E-state index in [-0.39, 0.29) is 13.2 Å². The Morgan fingerprint density at radius 2 is 1.09 bits per heavy atom. The summed E-state index contributed by atoms with van der Waals surface area (Å²) < 4.78 is 65.0. The highest BCUT2D eigenvalue weighted by Gasteiger charge is 2.36. The molecule has 1 rings (SSSR count). The van der Waals surface area contributed by atoms with Gasteiger partial charge in [0.05, 0.1) is 46.7 Å². The van der Waals surface area contributed by atoms with Crippen LogP contribution >= 0.6 is 0 Å². The monoisotopic (exact) mass is 678 g/mol. The number of rotatable bonds is 27. The van der Waals surface area contributed by atoms with Gasteiger partial charge < -0.3 is 14.0 Å². The zero-order valence-electron chi connectivity index (χ0n) is 29.8. The van der Waals surface area contributed by atoms with E-state index in [4.69, 9.17) is 9.47 Å². The lowest BCUT2D eigenvalue weighted by Crippen LogP contribution is -2.38. The van der Waals surface area contributed by atoms with Crippen LogP contribution in [0.5, 0.6) is 0 Å². The Kier molecular flexibility index (Phi) is 25.4. The van der Waals surface area contributed by atoms with E-state index in [0.29, 0.717) is 12.7 Å². The number of hydrogen-bond donors (Lipinski definition) is 0. The van der Waals surface area contributed by atoms with Crippen LogP contribution in [-0.2, 0) is 39.9 Å². The van der Waals surface area contributed by atoms with Gasteiger partial charge in [0.15, 0.2) is 0 Å². The van der Waals surface area contributed by atoms with Crippen molar-refractivity contribution in [3.05, 3.63) is 35.9 Å². The Hall–Kier alpha value is -1.04. The maximum atomic E-state index is 12.6. The van der Waals surface area contributed by atoms with Gasteiger partial charge in [-0.25, -0.2) is 0 Å². The van der Waals surface area contributed by atoms with Crippen LogP contribution in [0, 0.1) is 0 Å². The maximum absolute atomic E-state index is 12.6. The molecule has 0 amide bonds. The van der Waals surface area contributed by atoms with Crippen LogP contribution in [0.25, 0.3) is 0 Å².